The molecule has 8 nitrogen and oxygen atoms in total. The van der Waals surface area contributed by atoms with E-state index in [9.17, 15) is 10.2 Å². The number of phenolic OH excluding ortho intramolecular Hbond substituents is 2. The lowest BCUT2D eigenvalue weighted by Gasteiger charge is -2.05. The predicted molar refractivity (Wildman–Crippen MR) is 143 cm³/mol. The second kappa shape index (κ2) is 10.6. The fourth-order valence-electron chi connectivity index (χ4n) is 3.89. The minimum atomic E-state index is 0.226. The van der Waals surface area contributed by atoms with Crippen LogP contribution in [0, 0.1) is 0 Å². The summed E-state index contributed by atoms with van der Waals surface area (Å²) in [6, 6.07) is 18.9. The van der Waals surface area contributed by atoms with Crippen molar-refractivity contribution in [2.24, 2.45) is 0 Å². The summed E-state index contributed by atoms with van der Waals surface area (Å²) in [4.78, 5) is 0. The zero-order chi connectivity index (χ0) is 25.1. The fourth-order valence-corrected chi connectivity index (χ4v) is 4.74. The summed E-state index contributed by atoms with van der Waals surface area (Å²) in [5.41, 5.74) is 5.58. The molecule has 5 rings (SSSR count). The van der Waals surface area contributed by atoms with Crippen LogP contribution < -0.4 is 0 Å². The SMILES string of the molecule is Oc1ccc(CCn2cc(-c3ccccc3-c3cn(CCc4ccc(O)c(Br)c4)nn3)nn2)cc1Br. The van der Waals surface area contributed by atoms with Crippen molar-refractivity contribution in [3.63, 3.8) is 0 Å². The van der Waals surface area contributed by atoms with E-state index in [1.54, 1.807) is 12.1 Å². The summed E-state index contributed by atoms with van der Waals surface area (Å²) in [5.74, 6) is 0.451. The fraction of sp³-hybridized carbons (Fsp3) is 0.154. The second-order valence-corrected chi connectivity index (χ2v) is 10.1. The highest BCUT2D eigenvalue weighted by molar-refractivity contribution is 9.10. The Morgan fingerprint density at radius 3 is 1.50 bits per heavy atom. The Bertz CT molecular complexity index is 1400. The molecule has 0 atom stereocenters. The molecule has 0 fully saturated rings. The van der Waals surface area contributed by atoms with E-state index in [2.05, 4.69) is 52.5 Å². The standard InChI is InChI=1S/C26H22Br2N6O2/c27-21-13-17(5-7-25(21)35)9-11-33-15-23(29-31-33)19-3-1-2-4-20(19)24-16-34(32-30-24)12-10-18-6-8-26(36)22(28)14-18/h1-8,13-16,35-36H,9-12H2. The van der Waals surface area contributed by atoms with Crippen molar-refractivity contribution in [2.75, 3.05) is 0 Å². The molecule has 0 radical (unpaired) electrons. The van der Waals surface area contributed by atoms with Gasteiger partial charge < -0.3 is 10.2 Å². The highest BCUT2D eigenvalue weighted by atomic mass is 79.9. The van der Waals surface area contributed by atoms with Gasteiger partial charge in [0.05, 0.1) is 21.3 Å². The molecule has 2 N–H and O–H groups in total. The highest BCUT2D eigenvalue weighted by Gasteiger charge is 2.14. The van der Waals surface area contributed by atoms with Gasteiger partial charge in [0.15, 0.2) is 0 Å². The number of halogens is 2. The van der Waals surface area contributed by atoms with E-state index in [0.29, 0.717) is 22.0 Å². The third kappa shape index (κ3) is 5.50. The third-order valence-electron chi connectivity index (χ3n) is 5.84. The lowest BCUT2D eigenvalue weighted by Crippen LogP contribution is -2.02. The van der Waals surface area contributed by atoms with E-state index in [4.69, 9.17) is 0 Å². The molecule has 0 spiro atoms. The third-order valence-corrected chi connectivity index (χ3v) is 7.11. The molecule has 0 aliphatic rings. The number of hydrogen-bond donors (Lipinski definition) is 2. The Labute approximate surface area is 224 Å². The van der Waals surface area contributed by atoms with Gasteiger partial charge in [-0.3, -0.25) is 9.36 Å². The number of aromatic hydroxyl groups is 2. The van der Waals surface area contributed by atoms with E-state index < -0.39 is 0 Å². The zero-order valence-corrected chi connectivity index (χ0v) is 22.3. The number of rotatable bonds is 8. The van der Waals surface area contributed by atoms with Crippen molar-refractivity contribution in [3.05, 3.63) is 93.1 Å². The highest BCUT2D eigenvalue weighted by Crippen LogP contribution is 2.30. The van der Waals surface area contributed by atoms with Crippen molar-refractivity contribution in [1.29, 1.82) is 0 Å². The van der Waals surface area contributed by atoms with Gasteiger partial charge in [-0.2, -0.15) is 0 Å². The van der Waals surface area contributed by atoms with Crippen LogP contribution >= 0.6 is 31.9 Å². The maximum absolute atomic E-state index is 9.69. The molecule has 5 aromatic rings. The van der Waals surface area contributed by atoms with Gasteiger partial charge in [-0.15, -0.1) is 10.2 Å². The van der Waals surface area contributed by atoms with Crippen LogP contribution in [0.4, 0.5) is 0 Å². The number of aromatic nitrogens is 6. The van der Waals surface area contributed by atoms with Crippen LogP contribution in [-0.2, 0) is 25.9 Å². The predicted octanol–water partition coefficient (Wildman–Crippen LogP) is 5.63. The molecular weight excluding hydrogens is 588 g/mol. The summed E-state index contributed by atoms with van der Waals surface area (Å²) < 4.78 is 4.99. The van der Waals surface area contributed by atoms with Crippen molar-refractivity contribution < 1.29 is 10.2 Å². The van der Waals surface area contributed by atoms with Crippen LogP contribution in [0.5, 0.6) is 11.5 Å². The summed E-state index contributed by atoms with van der Waals surface area (Å²) in [5, 5.41) is 36.8. The first-order valence-corrected chi connectivity index (χ1v) is 12.9. The van der Waals surface area contributed by atoms with E-state index in [1.807, 2.05) is 70.3 Å². The van der Waals surface area contributed by atoms with Crippen LogP contribution in [0.2, 0.25) is 0 Å². The molecule has 2 heterocycles. The maximum Gasteiger partial charge on any atom is 0.129 e. The van der Waals surface area contributed by atoms with Crippen LogP contribution in [0.3, 0.4) is 0 Å². The average Bonchev–Trinajstić information content (AvgIpc) is 3.55. The Kier molecular flexibility index (Phi) is 7.15. The van der Waals surface area contributed by atoms with Gasteiger partial charge >= 0.3 is 0 Å². The van der Waals surface area contributed by atoms with Gasteiger partial charge in [-0.25, -0.2) is 0 Å². The first-order chi connectivity index (χ1) is 17.5. The lowest BCUT2D eigenvalue weighted by atomic mass is 10.0. The van der Waals surface area contributed by atoms with Crippen LogP contribution in [-0.4, -0.2) is 40.2 Å². The average molecular weight is 610 g/mol. The Morgan fingerprint density at radius 2 is 1.08 bits per heavy atom. The topological polar surface area (TPSA) is 102 Å². The first kappa shape index (κ1) is 24.2. The van der Waals surface area contributed by atoms with Crippen LogP contribution in [0.25, 0.3) is 22.5 Å². The van der Waals surface area contributed by atoms with Crippen molar-refractivity contribution in [2.45, 2.75) is 25.9 Å². The Balaban J connectivity index is 1.29. The van der Waals surface area contributed by atoms with Crippen LogP contribution in [0.15, 0.2) is 82.0 Å². The molecule has 0 aliphatic heterocycles. The minimum absolute atomic E-state index is 0.226. The monoisotopic (exact) mass is 608 g/mol. The van der Waals surface area contributed by atoms with E-state index >= 15 is 0 Å². The molecule has 0 saturated heterocycles. The smallest absolute Gasteiger partial charge is 0.129 e. The van der Waals surface area contributed by atoms with Gasteiger partial charge in [-0.05, 0) is 80.1 Å². The van der Waals surface area contributed by atoms with Crippen molar-refractivity contribution >= 4 is 31.9 Å². The largest absolute Gasteiger partial charge is 0.507 e. The van der Waals surface area contributed by atoms with Gasteiger partial charge in [0.2, 0.25) is 0 Å². The Hall–Kier alpha value is -3.50. The number of benzene rings is 3. The summed E-state index contributed by atoms with van der Waals surface area (Å²) in [7, 11) is 0. The number of nitrogens with zero attached hydrogens (tertiary/aromatic N) is 6. The molecule has 0 amide bonds. The second-order valence-electron chi connectivity index (χ2n) is 8.35. The van der Waals surface area contributed by atoms with Gasteiger partial charge in [0.25, 0.3) is 0 Å². The molecule has 36 heavy (non-hydrogen) atoms. The molecule has 10 heteroatoms. The van der Waals surface area contributed by atoms with Crippen molar-refractivity contribution in [1.82, 2.24) is 30.0 Å². The molecule has 2 aromatic heterocycles. The lowest BCUT2D eigenvalue weighted by molar-refractivity contribution is 0.471. The van der Waals surface area contributed by atoms with Gasteiger partial charge in [0.1, 0.15) is 22.9 Å². The van der Waals surface area contributed by atoms with Crippen LogP contribution in [0.1, 0.15) is 11.1 Å². The molecule has 0 aliphatic carbocycles. The maximum atomic E-state index is 9.69. The number of aryl methyl sites for hydroxylation is 4. The Morgan fingerprint density at radius 1 is 0.639 bits per heavy atom. The molecule has 182 valence electrons. The van der Waals surface area contributed by atoms with Gasteiger partial charge in [0, 0.05) is 24.2 Å². The number of phenols is 2. The van der Waals surface area contributed by atoms with Crippen molar-refractivity contribution in [3.8, 4) is 34.0 Å². The number of hydrogen-bond acceptors (Lipinski definition) is 6. The van der Waals surface area contributed by atoms with E-state index in [0.717, 1.165) is 46.5 Å². The first-order valence-electron chi connectivity index (χ1n) is 11.3. The molecular formula is C26H22Br2N6O2. The quantitative estimate of drug-likeness (QED) is 0.237. The molecule has 0 saturated carbocycles. The summed E-state index contributed by atoms with van der Waals surface area (Å²) in [6.45, 7) is 1.33. The van der Waals surface area contributed by atoms with E-state index in [1.165, 1.54) is 0 Å². The molecule has 0 unspecified atom stereocenters. The summed E-state index contributed by atoms with van der Waals surface area (Å²) >= 11 is 6.71. The zero-order valence-electron chi connectivity index (χ0n) is 19.1. The normalized spacial score (nSPS) is 11.2. The molecule has 3 aromatic carbocycles. The summed E-state index contributed by atoms with van der Waals surface area (Å²) in [6.07, 6.45) is 5.38. The van der Waals surface area contributed by atoms with E-state index in [-0.39, 0.29) is 11.5 Å². The molecule has 0 bridgehead atoms. The van der Waals surface area contributed by atoms with Gasteiger partial charge in [-0.1, -0.05) is 46.8 Å². The minimum Gasteiger partial charge on any atom is -0.507 e.